The number of hydrogen-bond acceptors (Lipinski definition) is 5. The van der Waals surface area contributed by atoms with E-state index in [0.29, 0.717) is 12.1 Å². The molecule has 2 amide bonds. The lowest BCUT2D eigenvalue weighted by atomic mass is 10.2. The Hall–Kier alpha value is -2.93. The maximum Gasteiger partial charge on any atom is 0.254 e. The first-order valence-corrected chi connectivity index (χ1v) is 9.49. The van der Waals surface area contributed by atoms with Crippen molar-refractivity contribution in [1.29, 1.82) is 0 Å². The fraction of sp³-hybridized carbons (Fsp3) is 0.381. The average Bonchev–Trinajstić information content (AvgIpc) is 2.73. The maximum absolute atomic E-state index is 12.4. The first-order chi connectivity index (χ1) is 13.5. The van der Waals surface area contributed by atoms with Crippen molar-refractivity contribution >= 4 is 17.6 Å². The van der Waals surface area contributed by atoms with Gasteiger partial charge in [-0.25, -0.2) is 4.98 Å². The Morgan fingerprint density at radius 1 is 1.07 bits per heavy atom. The summed E-state index contributed by atoms with van der Waals surface area (Å²) in [5.41, 5.74) is 1.56. The zero-order valence-electron chi connectivity index (χ0n) is 16.5. The number of nitrogens with zero attached hydrogens (tertiary/aromatic N) is 4. The second-order valence-electron chi connectivity index (χ2n) is 7.08. The van der Waals surface area contributed by atoms with Crippen LogP contribution in [0, 0.1) is 0 Å². The highest BCUT2D eigenvalue weighted by Crippen LogP contribution is 2.18. The highest BCUT2D eigenvalue weighted by atomic mass is 16.2. The monoisotopic (exact) mass is 381 g/mol. The first kappa shape index (κ1) is 19.8. The lowest BCUT2D eigenvalue weighted by molar-refractivity contribution is -0.121. The third-order valence-electron chi connectivity index (χ3n) is 4.89. The molecule has 0 unspecified atom stereocenters. The van der Waals surface area contributed by atoms with Gasteiger partial charge in [-0.1, -0.05) is 24.3 Å². The molecule has 2 aromatic rings. The van der Waals surface area contributed by atoms with Gasteiger partial charge in [-0.05, 0) is 25.2 Å². The number of amides is 2. The minimum Gasteiger partial charge on any atom is -0.354 e. The minimum atomic E-state index is -0.194. The van der Waals surface area contributed by atoms with E-state index in [1.165, 1.54) is 4.90 Å². The number of benzene rings is 1. The van der Waals surface area contributed by atoms with E-state index < -0.39 is 0 Å². The van der Waals surface area contributed by atoms with E-state index in [0.717, 1.165) is 37.6 Å². The highest BCUT2D eigenvalue weighted by molar-refractivity contribution is 5.96. The number of anilines is 1. The van der Waals surface area contributed by atoms with Gasteiger partial charge in [-0.15, -0.1) is 0 Å². The predicted molar refractivity (Wildman–Crippen MR) is 109 cm³/mol. The summed E-state index contributed by atoms with van der Waals surface area (Å²) >= 11 is 0. The summed E-state index contributed by atoms with van der Waals surface area (Å²) in [6.45, 7) is 4.23. The zero-order valence-corrected chi connectivity index (χ0v) is 16.5. The van der Waals surface area contributed by atoms with E-state index in [-0.39, 0.29) is 18.4 Å². The van der Waals surface area contributed by atoms with Gasteiger partial charge in [0.05, 0.1) is 6.54 Å². The zero-order chi connectivity index (χ0) is 19.9. The Labute approximate surface area is 166 Å². The molecule has 28 heavy (non-hydrogen) atoms. The van der Waals surface area contributed by atoms with Crippen LogP contribution in [0.5, 0.6) is 0 Å². The average molecular weight is 381 g/mol. The van der Waals surface area contributed by atoms with Gasteiger partial charge in [0, 0.05) is 57.1 Å². The third kappa shape index (κ3) is 5.07. The van der Waals surface area contributed by atoms with Crippen molar-refractivity contribution in [3.63, 3.8) is 0 Å². The molecule has 3 rings (SSSR count). The van der Waals surface area contributed by atoms with Gasteiger partial charge in [0.1, 0.15) is 5.82 Å². The van der Waals surface area contributed by atoms with Crippen LogP contribution in [-0.4, -0.2) is 73.4 Å². The Kier molecular flexibility index (Phi) is 6.60. The van der Waals surface area contributed by atoms with E-state index in [1.807, 2.05) is 30.3 Å². The number of hydrogen-bond donors (Lipinski definition) is 1. The summed E-state index contributed by atoms with van der Waals surface area (Å²) in [5, 5.41) is 2.91. The summed E-state index contributed by atoms with van der Waals surface area (Å²) in [6.07, 6.45) is 1.78. The van der Waals surface area contributed by atoms with E-state index in [2.05, 4.69) is 27.1 Å². The molecule has 0 radical (unpaired) electrons. The number of carbonyl (C=O) groups excluding carboxylic acids is 2. The Morgan fingerprint density at radius 3 is 2.50 bits per heavy atom. The SMILES string of the molecule is CN1CCN(c2ncccc2CNC(=O)CN(C)C(=O)c2ccccc2)CC1. The lowest BCUT2D eigenvalue weighted by Gasteiger charge is -2.34. The Bertz CT molecular complexity index is 803. The fourth-order valence-corrected chi connectivity index (χ4v) is 3.21. The molecule has 1 saturated heterocycles. The van der Waals surface area contributed by atoms with Crippen LogP contribution in [0.15, 0.2) is 48.7 Å². The van der Waals surface area contributed by atoms with Crippen molar-refractivity contribution in [2.75, 3.05) is 51.7 Å². The van der Waals surface area contributed by atoms with Gasteiger partial charge in [0.15, 0.2) is 0 Å². The van der Waals surface area contributed by atoms with Crippen molar-refractivity contribution in [3.05, 3.63) is 59.8 Å². The molecular weight excluding hydrogens is 354 g/mol. The van der Waals surface area contributed by atoms with Crippen LogP contribution in [0.4, 0.5) is 5.82 Å². The summed E-state index contributed by atoms with van der Waals surface area (Å²) in [7, 11) is 3.75. The van der Waals surface area contributed by atoms with Crippen molar-refractivity contribution in [3.8, 4) is 0 Å². The minimum absolute atomic E-state index is 0.0117. The summed E-state index contributed by atoms with van der Waals surface area (Å²) in [5.74, 6) is 0.555. The van der Waals surface area contributed by atoms with E-state index in [9.17, 15) is 9.59 Å². The standard InChI is InChI=1S/C21H27N5O2/c1-24-11-13-26(14-12-24)20-18(9-6-10-22-20)15-23-19(27)16-25(2)21(28)17-7-4-3-5-8-17/h3-10H,11-16H2,1-2H3,(H,23,27). The molecule has 7 nitrogen and oxygen atoms in total. The normalized spacial score (nSPS) is 14.6. The predicted octanol–water partition coefficient (Wildman–Crippen LogP) is 1.22. The molecule has 0 saturated carbocycles. The fourth-order valence-electron chi connectivity index (χ4n) is 3.21. The van der Waals surface area contributed by atoms with Crippen LogP contribution >= 0.6 is 0 Å². The first-order valence-electron chi connectivity index (χ1n) is 9.49. The van der Waals surface area contributed by atoms with Crippen molar-refractivity contribution < 1.29 is 9.59 Å². The molecule has 148 valence electrons. The third-order valence-corrected chi connectivity index (χ3v) is 4.89. The van der Waals surface area contributed by atoms with Crippen LogP contribution in [0.1, 0.15) is 15.9 Å². The maximum atomic E-state index is 12.4. The Morgan fingerprint density at radius 2 is 1.79 bits per heavy atom. The molecule has 1 fully saturated rings. The van der Waals surface area contributed by atoms with Gasteiger partial charge in [-0.2, -0.15) is 0 Å². The Balaban J connectivity index is 1.55. The number of likely N-dealkylation sites (N-methyl/N-ethyl adjacent to an activating group) is 2. The lowest BCUT2D eigenvalue weighted by Crippen LogP contribution is -2.45. The van der Waals surface area contributed by atoms with Crippen LogP contribution in [0.2, 0.25) is 0 Å². The van der Waals surface area contributed by atoms with Crippen LogP contribution in [0.25, 0.3) is 0 Å². The smallest absolute Gasteiger partial charge is 0.254 e. The quantitative estimate of drug-likeness (QED) is 0.815. The largest absolute Gasteiger partial charge is 0.354 e. The molecular formula is C21H27N5O2. The molecule has 0 spiro atoms. The molecule has 1 N–H and O–H groups in total. The van der Waals surface area contributed by atoms with Gasteiger partial charge >= 0.3 is 0 Å². The van der Waals surface area contributed by atoms with Crippen molar-refractivity contribution in [2.45, 2.75) is 6.54 Å². The summed E-state index contributed by atoms with van der Waals surface area (Å²) < 4.78 is 0. The van der Waals surface area contributed by atoms with Crippen molar-refractivity contribution in [1.82, 2.24) is 20.1 Å². The number of aromatic nitrogens is 1. The van der Waals surface area contributed by atoms with Gasteiger partial charge in [-0.3, -0.25) is 9.59 Å². The number of pyridine rings is 1. The van der Waals surface area contributed by atoms with E-state index in [1.54, 1.807) is 25.4 Å². The number of piperazine rings is 1. The second-order valence-corrected chi connectivity index (χ2v) is 7.08. The molecule has 1 aromatic heterocycles. The molecule has 7 heteroatoms. The molecule has 1 aliphatic rings. The van der Waals surface area contributed by atoms with Gasteiger partial charge in [0.2, 0.25) is 5.91 Å². The van der Waals surface area contributed by atoms with E-state index in [4.69, 9.17) is 0 Å². The van der Waals surface area contributed by atoms with Crippen molar-refractivity contribution in [2.24, 2.45) is 0 Å². The molecule has 0 atom stereocenters. The van der Waals surface area contributed by atoms with Crippen LogP contribution in [0.3, 0.4) is 0 Å². The van der Waals surface area contributed by atoms with Gasteiger partial charge < -0.3 is 20.0 Å². The molecule has 2 heterocycles. The van der Waals surface area contributed by atoms with Gasteiger partial charge in [0.25, 0.3) is 5.91 Å². The highest BCUT2D eigenvalue weighted by Gasteiger charge is 2.19. The molecule has 1 aliphatic heterocycles. The number of carbonyl (C=O) groups is 2. The number of rotatable bonds is 6. The summed E-state index contributed by atoms with van der Waals surface area (Å²) in [6, 6.07) is 12.8. The molecule has 0 aliphatic carbocycles. The second kappa shape index (κ2) is 9.32. The van der Waals surface area contributed by atoms with E-state index >= 15 is 0 Å². The van der Waals surface area contributed by atoms with Crippen LogP contribution in [-0.2, 0) is 11.3 Å². The number of nitrogens with one attached hydrogen (secondary N) is 1. The summed E-state index contributed by atoms with van der Waals surface area (Å²) in [4.78, 5) is 35.2. The molecule has 1 aromatic carbocycles. The van der Waals surface area contributed by atoms with Crippen LogP contribution < -0.4 is 10.2 Å². The topological polar surface area (TPSA) is 68.8 Å². The molecule has 0 bridgehead atoms.